The van der Waals surface area contributed by atoms with Crippen molar-refractivity contribution in [2.75, 3.05) is 6.54 Å². The SMILES string of the molecule is NCC1(NC(=O)c2cn[nH]c2)CCC1. The third-order valence-corrected chi connectivity index (χ3v) is 2.84. The van der Waals surface area contributed by atoms with E-state index < -0.39 is 0 Å². The van der Waals surface area contributed by atoms with E-state index in [0.717, 1.165) is 19.3 Å². The van der Waals surface area contributed by atoms with Gasteiger partial charge in [0.1, 0.15) is 0 Å². The standard InChI is InChI=1S/C9H14N4O/c10-6-9(2-1-3-9)13-8(14)7-4-11-12-5-7/h4-5H,1-3,6,10H2,(H,11,12)(H,13,14). The fourth-order valence-electron chi connectivity index (χ4n) is 1.67. The van der Waals surface area contributed by atoms with Crippen molar-refractivity contribution in [3.63, 3.8) is 0 Å². The van der Waals surface area contributed by atoms with Crippen molar-refractivity contribution in [1.82, 2.24) is 15.5 Å². The van der Waals surface area contributed by atoms with Gasteiger partial charge in [-0.2, -0.15) is 5.10 Å². The summed E-state index contributed by atoms with van der Waals surface area (Å²) in [5.74, 6) is -0.0936. The van der Waals surface area contributed by atoms with Gasteiger partial charge in [0.05, 0.1) is 17.3 Å². The van der Waals surface area contributed by atoms with E-state index >= 15 is 0 Å². The van der Waals surface area contributed by atoms with Gasteiger partial charge in [0, 0.05) is 12.7 Å². The second-order valence-corrected chi connectivity index (χ2v) is 3.78. The fraction of sp³-hybridized carbons (Fsp3) is 0.556. The lowest BCUT2D eigenvalue weighted by Crippen LogP contribution is -2.58. The molecule has 1 fully saturated rings. The number of H-pyrrole nitrogens is 1. The van der Waals surface area contributed by atoms with E-state index in [0.29, 0.717) is 12.1 Å². The Labute approximate surface area is 82.1 Å². The quantitative estimate of drug-likeness (QED) is 0.634. The number of hydrogen-bond donors (Lipinski definition) is 3. The molecule has 1 saturated carbocycles. The highest BCUT2D eigenvalue weighted by Gasteiger charge is 2.37. The molecule has 2 rings (SSSR count). The van der Waals surface area contributed by atoms with Crippen molar-refractivity contribution in [2.45, 2.75) is 24.8 Å². The van der Waals surface area contributed by atoms with Gasteiger partial charge in [0.2, 0.25) is 0 Å². The first-order valence-electron chi connectivity index (χ1n) is 4.77. The lowest BCUT2D eigenvalue weighted by molar-refractivity contribution is 0.0837. The van der Waals surface area contributed by atoms with E-state index in [-0.39, 0.29) is 11.4 Å². The van der Waals surface area contributed by atoms with E-state index in [4.69, 9.17) is 5.73 Å². The van der Waals surface area contributed by atoms with Crippen LogP contribution in [-0.2, 0) is 0 Å². The summed E-state index contributed by atoms with van der Waals surface area (Å²) >= 11 is 0. The van der Waals surface area contributed by atoms with E-state index in [1.54, 1.807) is 6.20 Å². The zero-order chi connectivity index (χ0) is 10.0. The predicted octanol–water partition coefficient (Wildman–Crippen LogP) is 0.0209. The van der Waals surface area contributed by atoms with Crippen molar-refractivity contribution in [3.05, 3.63) is 18.0 Å². The highest BCUT2D eigenvalue weighted by molar-refractivity contribution is 5.94. The molecule has 0 aliphatic heterocycles. The first kappa shape index (κ1) is 9.21. The number of nitrogens with one attached hydrogen (secondary N) is 2. The Kier molecular flexibility index (Phi) is 2.25. The number of carbonyl (C=O) groups is 1. The largest absolute Gasteiger partial charge is 0.345 e. The third kappa shape index (κ3) is 1.50. The summed E-state index contributed by atoms with van der Waals surface area (Å²) in [6.07, 6.45) is 6.19. The summed E-state index contributed by atoms with van der Waals surface area (Å²) in [7, 11) is 0. The summed E-state index contributed by atoms with van der Waals surface area (Å²) < 4.78 is 0. The first-order valence-corrected chi connectivity index (χ1v) is 4.77. The minimum absolute atomic E-state index is 0.0936. The molecule has 5 heteroatoms. The Morgan fingerprint density at radius 2 is 2.50 bits per heavy atom. The molecule has 0 unspecified atom stereocenters. The van der Waals surface area contributed by atoms with Crippen LogP contribution in [0.25, 0.3) is 0 Å². The Hall–Kier alpha value is -1.36. The van der Waals surface area contributed by atoms with Crippen LogP contribution >= 0.6 is 0 Å². The van der Waals surface area contributed by atoms with Gasteiger partial charge in [0.15, 0.2) is 0 Å². The average molecular weight is 194 g/mol. The molecular weight excluding hydrogens is 180 g/mol. The Balaban J connectivity index is 2.01. The maximum atomic E-state index is 11.6. The molecule has 1 heterocycles. The van der Waals surface area contributed by atoms with Gasteiger partial charge in [-0.1, -0.05) is 0 Å². The maximum Gasteiger partial charge on any atom is 0.254 e. The minimum atomic E-state index is -0.158. The lowest BCUT2D eigenvalue weighted by Gasteiger charge is -2.41. The van der Waals surface area contributed by atoms with Crippen molar-refractivity contribution in [3.8, 4) is 0 Å². The normalized spacial score (nSPS) is 18.6. The summed E-state index contributed by atoms with van der Waals surface area (Å²) in [6.45, 7) is 0.511. The zero-order valence-corrected chi connectivity index (χ0v) is 7.92. The number of carbonyl (C=O) groups excluding carboxylic acids is 1. The number of nitrogens with zero attached hydrogens (tertiary/aromatic N) is 1. The van der Waals surface area contributed by atoms with Gasteiger partial charge in [-0.15, -0.1) is 0 Å². The van der Waals surface area contributed by atoms with Crippen LogP contribution in [0.5, 0.6) is 0 Å². The molecule has 1 aromatic heterocycles. The monoisotopic (exact) mass is 194 g/mol. The van der Waals surface area contributed by atoms with Crippen LogP contribution in [0, 0.1) is 0 Å². The molecule has 4 N–H and O–H groups in total. The molecular formula is C9H14N4O. The predicted molar refractivity (Wildman–Crippen MR) is 51.7 cm³/mol. The van der Waals surface area contributed by atoms with Gasteiger partial charge >= 0.3 is 0 Å². The Morgan fingerprint density at radius 3 is 2.93 bits per heavy atom. The highest BCUT2D eigenvalue weighted by Crippen LogP contribution is 2.30. The molecule has 0 spiro atoms. The minimum Gasteiger partial charge on any atom is -0.345 e. The van der Waals surface area contributed by atoms with Crippen molar-refractivity contribution in [2.24, 2.45) is 5.73 Å². The zero-order valence-electron chi connectivity index (χ0n) is 7.92. The Bertz CT molecular complexity index is 310. The maximum absolute atomic E-state index is 11.6. The molecule has 1 amide bonds. The molecule has 0 aromatic carbocycles. The number of nitrogens with two attached hydrogens (primary N) is 1. The molecule has 0 radical (unpaired) electrons. The van der Waals surface area contributed by atoms with E-state index in [2.05, 4.69) is 15.5 Å². The summed E-state index contributed by atoms with van der Waals surface area (Å²) in [5, 5.41) is 9.29. The summed E-state index contributed by atoms with van der Waals surface area (Å²) in [6, 6.07) is 0. The second-order valence-electron chi connectivity index (χ2n) is 3.78. The average Bonchev–Trinajstić information content (AvgIpc) is 2.63. The number of amides is 1. The molecule has 1 aliphatic carbocycles. The number of rotatable bonds is 3. The van der Waals surface area contributed by atoms with E-state index in [9.17, 15) is 4.79 Å². The van der Waals surface area contributed by atoms with Crippen molar-refractivity contribution < 1.29 is 4.79 Å². The molecule has 1 aromatic rings. The van der Waals surface area contributed by atoms with Crippen LogP contribution in [-0.4, -0.2) is 28.2 Å². The number of aromatic amines is 1. The molecule has 0 saturated heterocycles. The molecule has 14 heavy (non-hydrogen) atoms. The smallest absolute Gasteiger partial charge is 0.254 e. The molecule has 0 atom stereocenters. The van der Waals surface area contributed by atoms with Crippen LogP contribution in [0.2, 0.25) is 0 Å². The van der Waals surface area contributed by atoms with Crippen molar-refractivity contribution >= 4 is 5.91 Å². The molecule has 1 aliphatic rings. The van der Waals surface area contributed by atoms with E-state index in [1.807, 2.05) is 0 Å². The van der Waals surface area contributed by atoms with Crippen LogP contribution < -0.4 is 11.1 Å². The van der Waals surface area contributed by atoms with Crippen LogP contribution in [0.4, 0.5) is 0 Å². The molecule has 0 bridgehead atoms. The summed E-state index contributed by atoms with van der Waals surface area (Å²) in [4.78, 5) is 11.6. The van der Waals surface area contributed by atoms with Gasteiger partial charge in [-0.25, -0.2) is 0 Å². The summed E-state index contributed by atoms with van der Waals surface area (Å²) in [5.41, 5.74) is 6.03. The third-order valence-electron chi connectivity index (χ3n) is 2.84. The van der Waals surface area contributed by atoms with Gasteiger partial charge < -0.3 is 11.1 Å². The van der Waals surface area contributed by atoms with Gasteiger partial charge in [-0.3, -0.25) is 9.89 Å². The van der Waals surface area contributed by atoms with Crippen LogP contribution in [0.15, 0.2) is 12.4 Å². The van der Waals surface area contributed by atoms with Crippen molar-refractivity contribution in [1.29, 1.82) is 0 Å². The van der Waals surface area contributed by atoms with Crippen LogP contribution in [0.3, 0.4) is 0 Å². The second kappa shape index (κ2) is 3.42. The van der Waals surface area contributed by atoms with Gasteiger partial charge in [0.25, 0.3) is 5.91 Å². The number of hydrogen-bond acceptors (Lipinski definition) is 3. The highest BCUT2D eigenvalue weighted by atomic mass is 16.1. The fourth-order valence-corrected chi connectivity index (χ4v) is 1.67. The van der Waals surface area contributed by atoms with Crippen LogP contribution in [0.1, 0.15) is 29.6 Å². The topological polar surface area (TPSA) is 83.8 Å². The number of aromatic nitrogens is 2. The van der Waals surface area contributed by atoms with E-state index in [1.165, 1.54) is 6.20 Å². The Morgan fingerprint density at radius 1 is 1.71 bits per heavy atom. The van der Waals surface area contributed by atoms with Gasteiger partial charge in [-0.05, 0) is 19.3 Å². The molecule has 5 nitrogen and oxygen atoms in total. The lowest BCUT2D eigenvalue weighted by atomic mass is 9.76. The first-order chi connectivity index (χ1) is 6.76. The molecule has 76 valence electrons.